The van der Waals surface area contributed by atoms with Gasteiger partial charge in [0.15, 0.2) is 0 Å². The fourth-order valence-corrected chi connectivity index (χ4v) is 2.66. The van der Waals surface area contributed by atoms with E-state index in [1.807, 2.05) is 0 Å². The van der Waals surface area contributed by atoms with Crippen molar-refractivity contribution in [3.8, 4) is 0 Å². The molecule has 2 aromatic carbocycles. The van der Waals surface area contributed by atoms with Crippen LogP contribution in [-0.2, 0) is 4.79 Å². The number of nitrogens with one attached hydrogen (secondary N) is 3. The van der Waals surface area contributed by atoms with Crippen LogP contribution in [0.2, 0.25) is 0 Å². The van der Waals surface area contributed by atoms with Crippen molar-refractivity contribution in [2.75, 3.05) is 5.32 Å². The Bertz CT molecular complexity index is 820. The Kier molecular flexibility index (Phi) is 8.82. The van der Waals surface area contributed by atoms with Crippen LogP contribution in [0.25, 0.3) is 0 Å². The Morgan fingerprint density at radius 1 is 0.759 bits per heavy atom. The van der Waals surface area contributed by atoms with Crippen molar-refractivity contribution >= 4 is 23.4 Å². The Morgan fingerprint density at radius 3 is 2.00 bits per heavy atom. The SMILES string of the molecule is CCCCCCCC(=O)NNC(=O)c1ccc(NC(=O)c2ccc(F)cc2)cc1. The van der Waals surface area contributed by atoms with E-state index in [-0.39, 0.29) is 11.8 Å². The van der Waals surface area contributed by atoms with Crippen molar-refractivity contribution in [2.24, 2.45) is 0 Å². The number of hydrazine groups is 1. The van der Waals surface area contributed by atoms with Crippen molar-refractivity contribution in [1.82, 2.24) is 10.9 Å². The molecular weight excluding hydrogens is 373 g/mol. The standard InChI is InChI=1S/C22H26FN3O3/c1-2-3-4-5-6-7-20(27)25-26-22(29)17-10-14-19(15-11-17)24-21(28)16-8-12-18(23)13-9-16/h8-15H,2-7H2,1H3,(H,24,28)(H,25,27)(H,26,29). The minimum atomic E-state index is -0.444. The summed E-state index contributed by atoms with van der Waals surface area (Å²) in [4.78, 5) is 36.0. The Morgan fingerprint density at radius 2 is 1.34 bits per heavy atom. The van der Waals surface area contributed by atoms with Gasteiger partial charge in [0, 0.05) is 23.2 Å². The van der Waals surface area contributed by atoms with Crippen LogP contribution in [0.4, 0.5) is 10.1 Å². The number of rotatable bonds is 9. The molecule has 154 valence electrons. The van der Waals surface area contributed by atoms with Gasteiger partial charge in [-0.05, 0) is 55.0 Å². The normalized spacial score (nSPS) is 10.3. The molecule has 6 nitrogen and oxygen atoms in total. The molecule has 0 aliphatic heterocycles. The van der Waals surface area contributed by atoms with Crippen molar-refractivity contribution in [3.05, 3.63) is 65.5 Å². The molecule has 0 saturated carbocycles. The Hall–Kier alpha value is -3.22. The number of amides is 3. The van der Waals surface area contributed by atoms with Crippen molar-refractivity contribution in [1.29, 1.82) is 0 Å². The first kappa shape index (κ1) is 22.1. The molecule has 0 unspecified atom stereocenters. The second kappa shape index (κ2) is 11.6. The quantitative estimate of drug-likeness (QED) is 0.436. The summed E-state index contributed by atoms with van der Waals surface area (Å²) in [6.07, 6.45) is 5.60. The molecule has 2 rings (SSSR count). The van der Waals surface area contributed by atoms with E-state index in [9.17, 15) is 18.8 Å². The van der Waals surface area contributed by atoms with E-state index in [0.717, 1.165) is 25.7 Å². The molecule has 0 radical (unpaired) electrons. The molecule has 29 heavy (non-hydrogen) atoms. The van der Waals surface area contributed by atoms with Gasteiger partial charge in [-0.25, -0.2) is 4.39 Å². The van der Waals surface area contributed by atoms with E-state index in [4.69, 9.17) is 0 Å². The monoisotopic (exact) mass is 399 g/mol. The average Bonchev–Trinajstić information content (AvgIpc) is 2.73. The minimum Gasteiger partial charge on any atom is -0.322 e. The van der Waals surface area contributed by atoms with E-state index in [0.29, 0.717) is 23.2 Å². The first-order chi connectivity index (χ1) is 14.0. The van der Waals surface area contributed by atoms with Crippen molar-refractivity contribution in [3.63, 3.8) is 0 Å². The van der Waals surface area contributed by atoms with Gasteiger partial charge in [0.25, 0.3) is 11.8 Å². The highest BCUT2D eigenvalue weighted by molar-refractivity contribution is 6.04. The lowest BCUT2D eigenvalue weighted by Gasteiger charge is -2.09. The molecule has 7 heteroatoms. The maximum Gasteiger partial charge on any atom is 0.269 e. The number of carbonyl (C=O) groups is 3. The van der Waals surface area contributed by atoms with E-state index in [1.165, 1.54) is 42.8 Å². The number of carbonyl (C=O) groups excluding carboxylic acids is 3. The molecule has 3 amide bonds. The number of hydrogen-bond acceptors (Lipinski definition) is 3. The third-order valence-electron chi connectivity index (χ3n) is 4.33. The van der Waals surface area contributed by atoms with Gasteiger partial charge >= 0.3 is 0 Å². The van der Waals surface area contributed by atoms with Crippen LogP contribution >= 0.6 is 0 Å². The second-order valence-corrected chi connectivity index (χ2v) is 6.70. The Labute approximate surface area is 169 Å². The zero-order valence-electron chi connectivity index (χ0n) is 16.5. The summed E-state index contributed by atoms with van der Waals surface area (Å²) >= 11 is 0. The molecule has 0 spiro atoms. The molecule has 0 atom stereocenters. The number of anilines is 1. The highest BCUT2D eigenvalue weighted by atomic mass is 19.1. The molecule has 0 saturated heterocycles. The van der Waals surface area contributed by atoms with Gasteiger partial charge in [-0.1, -0.05) is 32.6 Å². The van der Waals surface area contributed by atoms with Gasteiger partial charge in [-0.2, -0.15) is 0 Å². The van der Waals surface area contributed by atoms with Crippen LogP contribution in [0.15, 0.2) is 48.5 Å². The van der Waals surface area contributed by atoms with E-state index in [2.05, 4.69) is 23.1 Å². The predicted octanol–water partition coefficient (Wildman–Crippen LogP) is 4.20. The van der Waals surface area contributed by atoms with Crippen molar-refractivity contribution < 1.29 is 18.8 Å². The second-order valence-electron chi connectivity index (χ2n) is 6.70. The van der Waals surface area contributed by atoms with Gasteiger partial charge in [0.2, 0.25) is 5.91 Å². The zero-order chi connectivity index (χ0) is 21.1. The van der Waals surface area contributed by atoms with Crippen LogP contribution in [0.3, 0.4) is 0 Å². The maximum absolute atomic E-state index is 12.9. The fourth-order valence-electron chi connectivity index (χ4n) is 2.66. The summed E-state index contributed by atoms with van der Waals surface area (Å²) in [6.45, 7) is 2.13. The van der Waals surface area contributed by atoms with Crippen LogP contribution in [-0.4, -0.2) is 17.7 Å². The summed E-state index contributed by atoms with van der Waals surface area (Å²) in [6, 6.07) is 11.4. The first-order valence-electron chi connectivity index (χ1n) is 9.75. The van der Waals surface area contributed by atoms with Gasteiger partial charge in [-0.3, -0.25) is 25.2 Å². The number of unbranched alkanes of at least 4 members (excludes halogenated alkanes) is 4. The third-order valence-corrected chi connectivity index (χ3v) is 4.33. The molecule has 0 fully saturated rings. The minimum absolute atomic E-state index is 0.224. The predicted molar refractivity (Wildman–Crippen MR) is 110 cm³/mol. The largest absolute Gasteiger partial charge is 0.322 e. The number of benzene rings is 2. The molecule has 3 N–H and O–H groups in total. The number of hydrogen-bond donors (Lipinski definition) is 3. The van der Waals surface area contributed by atoms with Crippen LogP contribution < -0.4 is 16.2 Å². The van der Waals surface area contributed by atoms with E-state index < -0.39 is 11.7 Å². The first-order valence-corrected chi connectivity index (χ1v) is 9.75. The van der Waals surface area contributed by atoms with Gasteiger partial charge < -0.3 is 5.32 Å². The van der Waals surface area contributed by atoms with Gasteiger partial charge in [-0.15, -0.1) is 0 Å². The van der Waals surface area contributed by atoms with E-state index in [1.54, 1.807) is 12.1 Å². The highest BCUT2D eigenvalue weighted by Gasteiger charge is 2.09. The molecule has 0 heterocycles. The summed E-state index contributed by atoms with van der Waals surface area (Å²) < 4.78 is 12.9. The molecule has 0 bridgehead atoms. The van der Waals surface area contributed by atoms with Crippen LogP contribution in [0.1, 0.15) is 66.2 Å². The molecule has 0 aliphatic rings. The average molecular weight is 399 g/mol. The molecule has 0 aromatic heterocycles. The fraction of sp³-hybridized carbons (Fsp3) is 0.318. The molecular formula is C22H26FN3O3. The van der Waals surface area contributed by atoms with Gasteiger partial charge in [0.05, 0.1) is 0 Å². The Balaban J connectivity index is 1.77. The summed E-state index contributed by atoms with van der Waals surface area (Å²) in [5.74, 6) is -1.47. The third kappa shape index (κ3) is 7.73. The molecule has 2 aromatic rings. The van der Waals surface area contributed by atoms with Crippen LogP contribution in [0, 0.1) is 5.82 Å². The van der Waals surface area contributed by atoms with Gasteiger partial charge in [0.1, 0.15) is 5.82 Å². The summed E-state index contributed by atoms with van der Waals surface area (Å²) in [7, 11) is 0. The van der Waals surface area contributed by atoms with Crippen molar-refractivity contribution in [2.45, 2.75) is 45.4 Å². The maximum atomic E-state index is 12.9. The van der Waals surface area contributed by atoms with E-state index >= 15 is 0 Å². The lowest BCUT2D eigenvalue weighted by atomic mass is 10.1. The topological polar surface area (TPSA) is 87.3 Å². The summed E-state index contributed by atoms with van der Waals surface area (Å²) in [5.41, 5.74) is 5.94. The lowest BCUT2D eigenvalue weighted by molar-refractivity contribution is -0.122. The smallest absolute Gasteiger partial charge is 0.269 e. The number of halogens is 1. The highest BCUT2D eigenvalue weighted by Crippen LogP contribution is 2.12. The zero-order valence-corrected chi connectivity index (χ0v) is 16.5. The lowest BCUT2D eigenvalue weighted by Crippen LogP contribution is -2.41. The van der Waals surface area contributed by atoms with Crippen LogP contribution in [0.5, 0.6) is 0 Å². The molecule has 0 aliphatic carbocycles. The summed E-state index contributed by atoms with van der Waals surface area (Å²) in [5, 5.41) is 2.67.